The van der Waals surface area contributed by atoms with Gasteiger partial charge in [-0.2, -0.15) is 0 Å². The third kappa shape index (κ3) is 2.23. The summed E-state index contributed by atoms with van der Waals surface area (Å²) in [7, 11) is 0.791. The molecule has 8 heteroatoms. The van der Waals surface area contributed by atoms with Gasteiger partial charge in [0.2, 0.25) is 5.43 Å². The maximum absolute atomic E-state index is 13.7. The van der Waals surface area contributed by atoms with Gasteiger partial charge in [-0.05, 0) is 19.1 Å². The summed E-state index contributed by atoms with van der Waals surface area (Å²) in [6.07, 6.45) is 0.912. The minimum absolute atomic E-state index is 0.149. The molecule has 0 N–H and O–H groups in total. The summed E-state index contributed by atoms with van der Waals surface area (Å²) in [5.74, 6) is -1.81. The fraction of sp³-hybridized carbons (Fsp3) is 0.182. The highest BCUT2D eigenvalue weighted by atomic mass is 35.7. The molecule has 2 aromatic rings. The standard InChI is InChI=1S/C11H8ClF2NO3S/c1-2-15-5-8(19(12,17)18)11(16)9-6(13)3-4-7(14)10(9)15/h3-5H,2H2,1H3. The van der Waals surface area contributed by atoms with Gasteiger partial charge in [-0.1, -0.05) is 0 Å². The molecular weight excluding hydrogens is 300 g/mol. The molecule has 0 saturated heterocycles. The quantitative estimate of drug-likeness (QED) is 0.799. The van der Waals surface area contributed by atoms with E-state index in [0.717, 1.165) is 22.9 Å². The van der Waals surface area contributed by atoms with Crippen molar-refractivity contribution < 1.29 is 17.2 Å². The Balaban J connectivity index is 3.15. The number of hydrogen-bond donors (Lipinski definition) is 0. The molecule has 0 aliphatic heterocycles. The zero-order valence-electron chi connectivity index (χ0n) is 9.65. The van der Waals surface area contributed by atoms with Gasteiger partial charge in [-0.25, -0.2) is 17.2 Å². The molecular formula is C11H8ClF2NO3S. The van der Waals surface area contributed by atoms with E-state index in [9.17, 15) is 22.0 Å². The first-order valence-corrected chi connectivity index (χ1v) is 7.54. The van der Waals surface area contributed by atoms with Crippen LogP contribution in [0.4, 0.5) is 8.78 Å². The van der Waals surface area contributed by atoms with Crippen LogP contribution in [0.3, 0.4) is 0 Å². The summed E-state index contributed by atoms with van der Waals surface area (Å²) < 4.78 is 51.1. The molecule has 0 amide bonds. The van der Waals surface area contributed by atoms with Crippen LogP contribution in [0.2, 0.25) is 0 Å². The smallest absolute Gasteiger partial charge is 0.266 e. The number of pyridine rings is 1. The topological polar surface area (TPSA) is 56.1 Å². The third-order valence-electron chi connectivity index (χ3n) is 2.69. The van der Waals surface area contributed by atoms with Crippen molar-refractivity contribution in [2.45, 2.75) is 18.4 Å². The van der Waals surface area contributed by atoms with Gasteiger partial charge in [0.25, 0.3) is 9.05 Å². The number of halogens is 3. The zero-order chi connectivity index (χ0) is 14.4. The number of nitrogens with zero attached hydrogens (tertiary/aromatic N) is 1. The number of fused-ring (bicyclic) bond motifs is 1. The van der Waals surface area contributed by atoms with E-state index in [1.54, 1.807) is 6.92 Å². The lowest BCUT2D eigenvalue weighted by molar-refractivity contribution is 0.597. The number of benzene rings is 1. The predicted molar refractivity (Wildman–Crippen MR) is 66.8 cm³/mol. The molecule has 0 radical (unpaired) electrons. The van der Waals surface area contributed by atoms with Gasteiger partial charge in [0.1, 0.15) is 16.5 Å². The van der Waals surface area contributed by atoms with Crippen molar-refractivity contribution in [3.8, 4) is 0 Å². The van der Waals surface area contributed by atoms with Gasteiger partial charge in [0.05, 0.1) is 10.9 Å². The maximum Gasteiger partial charge on any atom is 0.266 e. The van der Waals surface area contributed by atoms with Gasteiger partial charge in [-0.3, -0.25) is 4.79 Å². The van der Waals surface area contributed by atoms with Crippen molar-refractivity contribution in [3.05, 3.63) is 40.2 Å². The van der Waals surface area contributed by atoms with Crippen LogP contribution in [-0.2, 0) is 15.6 Å². The SMILES string of the molecule is CCn1cc(S(=O)(=O)Cl)c(=O)c2c(F)ccc(F)c21. The van der Waals surface area contributed by atoms with Crippen LogP contribution in [0.25, 0.3) is 10.9 Å². The highest BCUT2D eigenvalue weighted by Gasteiger charge is 2.22. The van der Waals surface area contributed by atoms with Crippen LogP contribution in [0.1, 0.15) is 6.92 Å². The molecule has 0 fully saturated rings. The second kappa shape index (κ2) is 4.57. The predicted octanol–water partition coefficient (Wildman–Crippen LogP) is 2.23. The van der Waals surface area contributed by atoms with E-state index in [0.29, 0.717) is 0 Å². The van der Waals surface area contributed by atoms with Crippen molar-refractivity contribution in [1.29, 1.82) is 0 Å². The summed E-state index contributed by atoms with van der Waals surface area (Å²) in [6, 6.07) is 1.64. The Morgan fingerprint density at radius 3 is 2.37 bits per heavy atom. The fourth-order valence-corrected chi connectivity index (χ4v) is 2.76. The molecule has 19 heavy (non-hydrogen) atoms. The lowest BCUT2D eigenvalue weighted by Gasteiger charge is -2.11. The summed E-state index contributed by atoms with van der Waals surface area (Å²) in [5, 5.41) is -0.622. The highest BCUT2D eigenvalue weighted by Crippen LogP contribution is 2.21. The van der Waals surface area contributed by atoms with Crippen molar-refractivity contribution >= 4 is 30.6 Å². The van der Waals surface area contributed by atoms with Gasteiger partial charge in [0.15, 0.2) is 0 Å². The number of aryl methyl sites for hydroxylation is 1. The molecule has 0 aliphatic carbocycles. The second-order valence-corrected chi connectivity index (χ2v) is 6.33. The summed E-state index contributed by atoms with van der Waals surface area (Å²) in [4.78, 5) is 11.2. The van der Waals surface area contributed by atoms with Crippen LogP contribution < -0.4 is 5.43 Å². The first kappa shape index (κ1) is 14.0. The van der Waals surface area contributed by atoms with E-state index in [4.69, 9.17) is 10.7 Å². The molecule has 1 aromatic heterocycles. The minimum Gasteiger partial charge on any atom is -0.344 e. The Morgan fingerprint density at radius 1 is 1.26 bits per heavy atom. The molecule has 2 rings (SSSR count). The van der Waals surface area contributed by atoms with E-state index in [2.05, 4.69) is 0 Å². The van der Waals surface area contributed by atoms with Crippen molar-refractivity contribution in [2.75, 3.05) is 0 Å². The Morgan fingerprint density at radius 2 is 1.84 bits per heavy atom. The molecule has 0 unspecified atom stereocenters. The normalized spacial score (nSPS) is 12.0. The largest absolute Gasteiger partial charge is 0.344 e. The monoisotopic (exact) mass is 307 g/mol. The summed E-state index contributed by atoms with van der Waals surface area (Å²) in [6.45, 7) is 1.75. The zero-order valence-corrected chi connectivity index (χ0v) is 11.2. The number of aromatic nitrogens is 1. The molecule has 1 aromatic carbocycles. The lowest BCUT2D eigenvalue weighted by atomic mass is 10.2. The number of rotatable bonds is 2. The number of hydrogen-bond acceptors (Lipinski definition) is 3. The first-order chi connectivity index (χ1) is 8.77. The van der Waals surface area contributed by atoms with Crippen LogP contribution in [0.5, 0.6) is 0 Å². The molecule has 0 saturated carbocycles. The van der Waals surface area contributed by atoms with Gasteiger partial charge in [0, 0.05) is 23.4 Å². The van der Waals surface area contributed by atoms with Crippen molar-refractivity contribution in [2.24, 2.45) is 0 Å². The van der Waals surface area contributed by atoms with E-state index >= 15 is 0 Å². The molecule has 0 spiro atoms. The molecule has 0 bridgehead atoms. The van der Waals surface area contributed by atoms with Crippen LogP contribution in [0.15, 0.2) is 28.0 Å². The Hall–Kier alpha value is -1.47. The molecule has 0 aliphatic rings. The van der Waals surface area contributed by atoms with Gasteiger partial charge in [-0.15, -0.1) is 0 Å². The molecule has 0 atom stereocenters. The van der Waals surface area contributed by atoms with E-state index in [1.807, 2.05) is 0 Å². The minimum atomic E-state index is -4.34. The van der Waals surface area contributed by atoms with E-state index in [-0.39, 0.29) is 12.1 Å². The second-order valence-electron chi connectivity index (χ2n) is 3.80. The van der Waals surface area contributed by atoms with Crippen molar-refractivity contribution in [1.82, 2.24) is 4.57 Å². The highest BCUT2D eigenvalue weighted by molar-refractivity contribution is 8.13. The average molecular weight is 308 g/mol. The van der Waals surface area contributed by atoms with E-state index < -0.39 is 36.4 Å². The Bertz CT molecular complexity index is 830. The third-order valence-corrected chi connectivity index (χ3v) is 4.01. The lowest BCUT2D eigenvalue weighted by Crippen LogP contribution is -2.18. The first-order valence-electron chi connectivity index (χ1n) is 5.23. The summed E-state index contributed by atoms with van der Waals surface area (Å²) >= 11 is 0. The van der Waals surface area contributed by atoms with E-state index in [1.165, 1.54) is 0 Å². The average Bonchev–Trinajstić information content (AvgIpc) is 2.32. The summed E-state index contributed by atoms with van der Waals surface area (Å²) in [5.41, 5.74) is -1.43. The van der Waals surface area contributed by atoms with Gasteiger partial charge >= 0.3 is 0 Å². The van der Waals surface area contributed by atoms with Crippen molar-refractivity contribution in [3.63, 3.8) is 0 Å². The molecule has 1 heterocycles. The van der Waals surface area contributed by atoms with Gasteiger partial charge < -0.3 is 4.57 Å². The maximum atomic E-state index is 13.7. The fourth-order valence-electron chi connectivity index (χ4n) is 1.85. The Kier molecular flexibility index (Phi) is 3.36. The molecule has 4 nitrogen and oxygen atoms in total. The van der Waals surface area contributed by atoms with Crippen LogP contribution >= 0.6 is 10.7 Å². The van der Waals surface area contributed by atoms with Crippen LogP contribution in [-0.4, -0.2) is 13.0 Å². The van der Waals surface area contributed by atoms with Crippen LogP contribution in [0, 0.1) is 11.6 Å². The Labute approximate surface area is 111 Å². The molecule has 102 valence electrons.